The Labute approximate surface area is 70.5 Å². The molecule has 2 nitrogen and oxygen atoms in total. The summed E-state index contributed by atoms with van der Waals surface area (Å²) in [7, 11) is 0. The molecule has 11 heavy (non-hydrogen) atoms. The maximum Gasteiger partial charge on any atom is 0.180 e. The van der Waals surface area contributed by atoms with E-state index in [1.807, 2.05) is 0 Å². The van der Waals surface area contributed by atoms with Crippen molar-refractivity contribution in [3.05, 3.63) is 10.6 Å². The summed E-state index contributed by atoms with van der Waals surface area (Å²) in [5.41, 5.74) is 7.24. The van der Waals surface area contributed by atoms with Crippen molar-refractivity contribution < 1.29 is 0 Å². The molecule has 0 aromatic carbocycles. The van der Waals surface area contributed by atoms with Crippen LogP contribution in [-0.2, 0) is 12.8 Å². The third-order valence-electron chi connectivity index (χ3n) is 2.08. The number of nitrogens with two attached hydrogens (primary N) is 1. The summed E-state index contributed by atoms with van der Waals surface area (Å²) < 4.78 is 0. The molecule has 1 heterocycles. The van der Waals surface area contributed by atoms with Gasteiger partial charge in [-0.25, -0.2) is 4.98 Å². The van der Waals surface area contributed by atoms with Gasteiger partial charge in [0.15, 0.2) is 5.13 Å². The number of aromatic nitrogens is 1. The highest BCUT2D eigenvalue weighted by Gasteiger charge is 2.31. The van der Waals surface area contributed by atoms with Gasteiger partial charge >= 0.3 is 0 Å². The molecule has 1 aliphatic rings. The third-order valence-corrected chi connectivity index (χ3v) is 3.01. The van der Waals surface area contributed by atoms with Crippen molar-refractivity contribution in [1.82, 2.24) is 4.98 Å². The molecule has 1 aromatic rings. The zero-order valence-corrected chi connectivity index (χ0v) is 7.66. The van der Waals surface area contributed by atoms with E-state index in [0.717, 1.165) is 18.0 Å². The summed E-state index contributed by atoms with van der Waals surface area (Å²) in [6.45, 7) is 4.55. The van der Waals surface area contributed by atoms with Crippen LogP contribution in [0.1, 0.15) is 24.4 Å². The molecular formula is C8H12N2S. The molecule has 0 spiro atoms. The van der Waals surface area contributed by atoms with E-state index in [0.29, 0.717) is 5.41 Å². The van der Waals surface area contributed by atoms with E-state index in [4.69, 9.17) is 5.73 Å². The molecule has 1 aliphatic carbocycles. The van der Waals surface area contributed by atoms with Crippen LogP contribution in [0.5, 0.6) is 0 Å². The molecule has 0 saturated carbocycles. The average molecular weight is 168 g/mol. The molecule has 0 saturated heterocycles. The third kappa shape index (κ3) is 1.13. The zero-order chi connectivity index (χ0) is 8.06. The van der Waals surface area contributed by atoms with Gasteiger partial charge in [-0.2, -0.15) is 0 Å². The molecule has 1 aromatic heterocycles. The van der Waals surface area contributed by atoms with Crippen molar-refractivity contribution >= 4 is 16.5 Å². The number of hydrogen-bond acceptors (Lipinski definition) is 3. The fraction of sp³-hybridized carbons (Fsp3) is 0.625. The number of hydrogen-bond donors (Lipinski definition) is 1. The number of rotatable bonds is 0. The van der Waals surface area contributed by atoms with Gasteiger partial charge < -0.3 is 5.73 Å². The fourth-order valence-electron chi connectivity index (χ4n) is 1.63. The van der Waals surface area contributed by atoms with Gasteiger partial charge in [0, 0.05) is 4.88 Å². The minimum Gasteiger partial charge on any atom is -0.375 e. The van der Waals surface area contributed by atoms with Gasteiger partial charge in [0.2, 0.25) is 0 Å². The lowest BCUT2D eigenvalue weighted by molar-refractivity contribution is 0.391. The van der Waals surface area contributed by atoms with E-state index >= 15 is 0 Å². The van der Waals surface area contributed by atoms with Gasteiger partial charge in [0.05, 0.1) is 5.69 Å². The van der Waals surface area contributed by atoms with Crippen molar-refractivity contribution in [2.45, 2.75) is 26.7 Å². The molecular weight excluding hydrogens is 156 g/mol. The van der Waals surface area contributed by atoms with Gasteiger partial charge in [-0.05, 0) is 18.3 Å². The van der Waals surface area contributed by atoms with Crippen LogP contribution in [0.4, 0.5) is 5.13 Å². The van der Waals surface area contributed by atoms with Crippen molar-refractivity contribution in [2.24, 2.45) is 5.41 Å². The second-order valence-electron chi connectivity index (χ2n) is 3.94. The van der Waals surface area contributed by atoms with Gasteiger partial charge in [0.1, 0.15) is 0 Å². The predicted octanol–water partition coefficient (Wildman–Crippen LogP) is 1.85. The Morgan fingerprint density at radius 3 is 2.82 bits per heavy atom. The van der Waals surface area contributed by atoms with Crippen molar-refractivity contribution in [1.29, 1.82) is 0 Å². The summed E-state index contributed by atoms with van der Waals surface area (Å²) >= 11 is 1.65. The van der Waals surface area contributed by atoms with E-state index in [1.54, 1.807) is 11.3 Å². The van der Waals surface area contributed by atoms with E-state index in [2.05, 4.69) is 18.8 Å². The van der Waals surface area contributed by atoms with Crippen LogP contribution in [0.3, 0.4) is 0 Å². The largest absolute Gasteiger partial charge is 0.375 e. The number of thiazole rings is 1. The SMILES string of the molecule is CC1(C)Cc2nc(N)sc2C1. The molecule has 3 heteroatoms. The van der Waals surface area contributed by atoms with Crippen LogP contribution in [0.2, 0.25) is 0 Å². The smallest absolute Gasteiger partial charge is 0.180 e. The van der Waals surface area contributed by atoms with Crippen LogP contribution in [0, 0.1) is 5.41 Å². The average Bonchev–Trinajstić information content (AvgIpc) is 2.17. The van der Waals surface area contributed by atoms with Gasteiger partial charge in [0.25, 0.3) is 0 Å². The zero-order valence-electron chi connectivity index (χ0n) is 6.85. The second-order valence-corrected chi connectivity index (χ2v) is 5.05. The summed E-state index contributed by atoms with van der Waals surface area (Å²) in [5.74, 6) is 0. The topological polar surface area (TPSA) is 38.9 Å². The fourth-order valence-corrected chi connectivity index (χ4v) is 2.74. The molecule has 60 valence electrons. The van der Waals surface area contributed by atoms with Crippen LogP contribution >= 0.6 is 11.3 Å². The first kappa shape index (κ1) is 7.10. The van der Waals surface area contributed by atoms with Gasteiger partial charge in [-0.1, -0.05) is 13.8 Å². The Morgan fingerprint density at radius 1 is 1.45 bits per heavy atom. The normalized spacial score (nSPS) is 20.2. The Balaban J connectivity index is 2.37. The lowest BCUT2D eigenvalue weighted by Gasteiger charge is -2.14. The number of nitrogen functional groups attached to an aromatic ring is 1. The minimum atomic E-state index is 0.419. The van der Waals surface area contributed by atoms with Crippen molar-refractivity contribution in [2.75, 3.05) is 5.73 Å². The maximum absolute atomic E-state index is 5.58. The molecule has 0 aliphatic heterocycles. The van der Waals surface area contributed by atoms with Crippen LogP contribution in [-0.4, -0.2) is 4.98 Å². The van der Waals surface area contributed by atoms with E-state index in [1.165, 1.54) is 10.6 Å². The molecule has 0 radical (unpaired) electrons. The van der Waals surface area contributed by atoms with Gasteiger partial charge in [-0.3, -0.25) is 0 Å². The molecule has 0 unspecified atom stereocenters. The predicted molar refractivity (Wildman–Crippen MR) is 47.7 cm³/mol. The second kappa shape index (κ2) is 1.97. The first-order valence-corrected chi connectivity index (χ1v) is 4.62. The first-order chi connectivity index (χ1) is 5.07. The summed E-state index contributed by atoms with van der Waals surface area (Å²) in [5, 5.41) is 0.727. The van der Waals surface area contributed by atoms with Gasteiger partial charge in [-0.15, -0.1) is 11.3 Å². The van der Waals surface area contributed by atoms with E-state index in [-0.39, 0.29) is 0 Å². The molecule has 2 N–H and O–H groups in total. The quantitative estimate of drug-likeness (QED) is 0.642. The summed E-state index contributed by atoms with van der Waals surface area (Å²) in [6, 6.07) is 0. The Morgan fingerprint density at radius 2 is 2.18 bits per heavy atom. The number of nitrogens with zero attached hydrogens (tertiary/aromatic N) is 1. The highest BCUT2D eigenvalue weighted by molar-refractivity contribution is 7.15. The highest BCUT2D eigenvalue weighted by Crippen LogP contribution is 2.39. The molecule has 0 fully saturated rings. The number of anilines is 1. The summed E-state index contributed by atoms with van der Waals surface area (Å²) in [4.78, 5) is 5.68. The Hall–Kier alpha value is -0.570. The molecule has 0 atom stereocenters. The summed E-state index contributed by atoms with van der Waals surface area (Å²) in [6.07, 6.45) is 2.24. The van der Waals surface area contributed by atoms with E-state index < -0.39 is 0 Å². The highest BCUT2D eigenvalue weighted by atomic mass is 32.1. The van der Waals surface area contributed by atoms with Crippen LogP contribution in [0.25, 0.3) is 0 Å². The minimum absolute atomic E-state index is 0.419. The first-order valence-electron chi connectivity index (χ1n) is 3.81. The molecule has 0 bridgehead atoms. The van der Waals surface area contributed by atoms with Crippen LogP contribution < -0.4 is 5.73 Å². The molecule has 0 amide bonds. The Bertz CT molecular complexity index is 263. The van der Waals surface area contributed by atoms with Crippen LogP contribution in [0.15, 0.2) is 0 Å². The molecule has 2 rings (SSSR count). The van der Waals surface area contributed by atoms with Crippen molar-refractivity contribution in [3.63, 3.8) is 0 Å². The number of fused-ring (bicyclic) bond motifs is 1. The standard InChI is InChI=1S/C8H12N2S/c1-8(2)3-5-6(4-8)11-7(9)10-5/h3-4H2,1-2H3,(H2,9,10). The lowest BCUT2D eigenvalue weighted by atomic mass is 9.91. The Kier molecular flexibility index (Phi) is 1.27. The van der Waals surface area contributed by atoms with E-state index in [9.17, 15) is 0 Å². The monoisotopic (exact) mass is 168 g/mol. The maximum atomic E-state index is 5.58. The lowest BCUT2D eigenvalue weighted by Crippen LogP contribution is -2.10. The van der Waals surface area contributed by atoms with Crippen molar-refractivity contribution in [3.8, 4) is 0 Å².